The molecular formula is C106H135ClN14O16S. The van der Waals surface area contributed by atoms with E-state index in [1.807, 2.05) is 0 Å². The molecule has 16 aliphatic rings. The maximum Gasteiger partial charge on any atom is 0.325 e. The summed E-state index contributed by atoms with van der Waals surface area (Å²) in [4.78, 5) is 107. The topological polar surface area (TPSA) is 406 Å². The van der Waals surface area contributed by atoms with Crippen molar-refractivity contribution in [2.24, 2.45) is 62.0 Å². The lowest BCUT2D eigenvalue weighted by atomic mass is 9.61. The lowest BCUT2D eigenvalue weighted by Crippen LogP contribution is -2.56. The normalized spacial score (nSPS) is 29.6. The first-order chi connectivity index (χ1) is 67.0. The Balaban J connectivity index is 0.000000118. The lowest BCUT2D eigenvalue weighted by molar-refractivity contribution is -0.139. The van der Waals surface area contributed by atoms with E-state index in [0.29, 0.717) is 34.6 Å². The highest BCUT2D eigenvalue weighted by Crippen LogP contribution is 2.66. The monoisotopic (exact) mass is 1930 g/mol. The summed E-state index contributed by atoms with van der Waals surface area (Å²) in [6, 6.07) is 26.2. The van der Waals surface area contributed by atoms with E-state index in [0.717, 1.165) is 200 Å². The average Bonchev–Trinajstić information content (AvgIpc) is 1.69. The van der Waals surface area contributed by atoms with Crippen LogP contribution in [-0.2, 0) is 137 Å². The van der Waals surface area contributed by atoms with Gasteiger partial charge in [0.25, 0.3) is 23.6 Å². The fraction of sp³-hybridized carbons (Fsp3) is 0.585. The van der Waals surface area contributed by atoms with Gasteiger partial charge in [-0.15, -0.1) is 11.6 Å². The van der Waals surface area contributed by atoms with Gasteiger partial charge in [-0.05, 0) is 289 Å². The summed E-state index contributed by atoms with van der Waals surface area (Å²) in [5.74, 6) is 9.20. The quantitative estimate of drug-likeness (QED) is 0.0128. The van der Waals surface area contributed by atoms with Crippen LogP contribution in [0.15, 0.2) is 145 Å². The minimum absolute atomic E-state index is 0.0350. The molecule has 4 unspecified atom stereocenters. The van der Waals surface area contributed by atoms with Crippen LogP contribution in [0.3, 0.4) is 0 Å². The van der Waals surface area contributed by atoms with Crippen LogP contribution in [0.4, 0.5) is 9.59 Å². The summed E-state index contributed by atoms with van der Waals surface area (Å²) in [5.41, 5.74) is 16.0. The Labute approximate surface area is 817 Å². The predicted octanol–water partition coefficient (Wildman–Crippen LogP) is 16.0. The number of amides is 8. The number of fused-ring (bicyclic) bond motifs is 12. The van der Waals surface area contributed by atoms with Gasteiger partial charge in [0, 0.05) is 56.7 Å². The van der Waals surface area contributed by atoms with Gasteiger partial charge >= 0.3 is 12.1 Å². The van der Waals surface area contributed by atoms with E-state index in [9.17, 15) is 28.8 Å². The van der Waals surface area contributed by atoms with Crippen molar-refractivity contribution >= 4 is 70.6 Å². The predicted molar refractivity (Wildman–Crippen MR) is 517 cm³/mol. The number of ether oxygens (including phenoxy) is 4. The molecule has 138 heavy (non-hydrogen) atoms. The van der Waals surface area contributed by atoms with E-state index in [2.05, 4.69) is 120 Å². The van der Waals surface area contributed by atoms with Gasteiger partial charge in [-0.1, -0.05) is 124 Å². The number of carbonyl (C=O) groups excluding carboxylic acids is 6. The molecule has 12 aliphatic carbocycles. The summed E-state index contributed by atoms with van der Waals surface area (Å²) in [7, 11) is 7.09. The van der Waals surface area contributed by atoms with E-state index in [4.69, 9.17) is 81.5 Å². The molecule has 4 atom stereocenters. The minimum Gasteiger partial charge on any atom is -0.448 e. The number of carbonyl (C=O) groups is 6. The molecule has 8 amide bonds. The van der Waals surface area contributed by atoms with Gasteiger partial charge in [-0.3, -0.25) is 39.2 Å². The fourth-order valence-electron chi connectivity index (χ4n) is 25.6. The number of methoxy groups -OCH3 is 4. The van der Waals surface area contributed by atoms with Crippen molar-refractivity contribution in [3.05, 3.63) is 213 Å². The molecule has 8 aromatic rings. The van der Waals surface area contributed by atoms with E-state index >= 15 is 0 Å². The van der Waals surface area contributed by atoms with Crippen LogP contribution in [0.5, 0.6) is 0 Å². The molecule has 8 heterocycles. The van der Waals surface area contributed by atoms with Gasteiger partial charge < -0.3 is 68.6 Å². The number of oxazole rings is 4. The molecule has 8 saturated carbocycles. The average molecular weight is 1930 g/mol. The third-order valence-electron chi connectivity index (χ3n) is 33.7. The number of hydrogen-bond acceptors (Lipinski definition) is 24. The molecule has 0 bridgehead atoms. The summed E-state index contributed by atoms with van der Waals surface area (Å²) in [5, 5.41) is 27.0. The molecule has 8 spiro atoms. The standard InChI is InChI=1S/C26H32N4O3.C26H31N3O4.C26H31N3O3S.C22H28N2O3.C4H4ClNO.C2H6O.H3NO/c1-32-20-8-10-25(11-9-20)15-19-7-6-18(5-4-17-2-3-17)14-21(19)26(25)23(31)30(24(27)29-26)16-22-28-12-13-33-22;1-32-20-8-10-25(11-9-20)15-19-7-6-18(5-4-17-2-3-17)14-21(19)26(25)23(30)29(24(31)28-26)16-22-27-12-13-33-22;1-31-20-8-10-25(11-9-20)15-19-7-6-18(5-4-17-2-3-17)14-21(19)26(25)23(30)29(24(33)28-26)16-22-27-12-13-32-22;1-27-17-8-10-21(11-9-17)13-16-7-6-15(5-4-14-2-3-14)12-18(16)22(21)19(25)23-20(26)24-22;5-3-4-6-1-2-7-4;1-2-3;1-2/h6-7,12-14,17,20H,2-5,8-11,15-16H2,1H3,(H2,27,29);6-7,12-14,17,20H,2-5,8-11,15-16H2,1H3,(H,28,31);6-7,12-14,17,20H,2-5,8-11,15-16H2,1H3,(H,28,33);6-7,12,14,17H,2-5,8-11,13H2,1H3,(H2,23,24,25,26);1-2H,3H2;3H,2H2,1H3;2H,1H2. The Kier molecular flexibility index (Phi) is 29.3. The number of aryl methyl sites for hydroxylation is 4. The number of rotatable bonds is 23. The summed E-state index contributed by atoms with van der Waals surface area (Å²) in [6.45, 7) is 2.44. The van der Waals surface area contributed by atoms with E-state index in [1.165, 1.54) is 158 Å². The highest BCUT2D eigenvalue weighted by atomic mass is 35.5. The number of aliphatic hydroxyl groups excluding tert-OH is 1. The van der Waals surface area contributed by atoms with Gasteiger partial charge in [-0.2, -0.15) is 0 Å². The largest absolute Gasteiger partial charge is 0.448 e. The second-order valence-electron chi connectivity index (χ2n) is 41.5. The van der Waals surface area contributed by atoms with Crippen molar-refractivity contribution in [2.75, 3.05) is 35.0 Å². The number of nitrogens with two attached hydrogens (primary N) is 2. The number of aliphatic hydroxyl groups is 1. The molecule has 3 saturated heterocycles. The number of alkyl halides is 1. The summed E-state index contributed by atoms with van der Waals surface area (Å²) < 4.78 is 43.5. The zero-order valence-electron chi connectivity index (χ0n) is 80.3. The Morgan fingerprint density at radius 2 is 0.746 bits per heavy atom. The van der Waals surface area contributed by atoms with Gasteiger partial charge in [0.05, 0.1) is 55.1 Å². The smallest absolute Gasteiger partial charge is 0.325 e. The first-order valence-corrected chi connectivity index (χ1v) is 51.1. The van der Waals surface area contributed by atoms with E-state index in [1.54, 1.807) is 63.8 Å². The summed E-state index contributed by atoms with van der Waals surface area (Å²) in [6.07, 6.45) is 51.2. The molecule has 4 aromatic heterocycles. The van der Waals surface area contributed by atoms with Gasteiger partial charge in [0.2, 0.25) is 23.6 Å². The van der Waals surface area contributed by atoms with Crippen molar-refractivity contribution in [3.63, 3.8) is 0 Å². The van der Waals surface area contributed by atoms with Crippen molar-refractivity contribution in [2.45, 2.75) is 310 Å². The number of urea groups is 2. The maximum atomic E-state index is 14.3. The van der Waals surface area contributed by atoms with Crippen LogP contribution < -0.4 is 32.9 Å². The molecule has 24 rings (SSSR count). The van der Waals surface area contributed by atoms with Crippen molar-refractivity contribution < 1.29 is 75.7 Å². The van der Waals surface area contributed by atoms with Gasteiger partial charge in [-0.25, -0.2) is 40.4 Å². The molecule has 738 valence electrons. The first kappa shape index (κ1) is 98.1. The number of aromatic nitrogens is 4. The van der Waals surface area contributed by atoms with E-state index < -0.39 is 22.2 Å². The number of aliphatic imine (C=N–C) groups is 1. The SMILES string of the molecule is CCO.COC1CCC2(CC1)Cc1ccc(CCC3CC3)cc1C21N=C(N)N(Cc2ncco2)C1=O.COC1CCC2(CC1)Cc1ccc(CCC3CC3)cc1C21NC(=O)N(Cc2ncco2)C1=O.COC1CCC2(CC1)Cc1ccc(CCC3CC3)cc1C21NC(=O)NC1=O.COC1CCC2(CC1)Cc1ccc(CCC3CC3)cc1C21NC(=S)N(Cc2ncco2)C1=O.ClCc1ncco1.NO. The Hall–Kier alpha value is -10.1. The van der Waals surface area contributed by atoms with Crippen LogP contribution in [0.1, 0.15) is 277 Å². The van der Waals surface area contributed by atoms with Crippen molar-refractivity contribution in [3.8, 4) is 0 Å². The number of imide groups is 2. The Morgan fingerprint density at radius 3 is 1.09 bits per heavy atom. The fourth-order valence-corrected chi connectivity index (χ4v) is 26.0. The first-order valence-electron chi connectivity index (χ1n) is 50.2. The zero-order valence-corrected chi connectivity index (χ0v) is 81.9. The number of nitrogens with one attached hydrogen (secondary N) is 4. The molecule has 30 nitrogen and oxygen atoms in total. The molecular weight excluding hydrogens is 1790 g/mol. The molecule has 4 aromatic carbocycles. The minimum atomic E-state index is -1.03. The summed E-state index contributed by atoms with van der Waals surface area (Å²) >= 11 is 11.1. The lowest BCUT2D eigenvalue weighted by Gasteiger charge is -2.46. The Morgan fingerprint density at radius 1 is 0.428 bits per heavy atom. The van der Waals surface area contributed by atoms with Gasteiger partial charge in [0.1, 0.15) is 44.7 Å². The maximum absolute atomic E-state index is 14.3. The third-order valence-corrected chi connectivity index (χ3v) is 34.3. The number of halogens is 1. The molecule has 11 fully saturated rings. The van der Waals surface area contributed by atoms with Crippen LogP contribution in [-0.4, -0.2) is 151 Å². The second-order valence-corrected chi connectivity index (χ2v) is 42.1. The molecule has 0 radical (unpaired) electrons. The number of hydrogen-bond donors (Lipinski definition) is 8. The van der Waals surface area contributed by atoms with Crippen LogP contribution in [0.25, 0.3) is 0 Å². The number of thiocarbonyl (C=S) groups is 1. The molecule has 10 N–H and O–H groups in total. The zero-order chi connectivity index (χ0) is 96.4. The second kappa shape index (κ2) is 41.2. The highest BCUT2D eigenvalue weighted by molar-refractivity contribution is 7.80. The van der Waals surface area contributed by atoms with Gasteiger partial charge in [0.15, 0.2) is 33.2 Å². The van der Waals surface area contributed by atoms with Crippen LogP contribution in [0.2, 0.25) is 0 Å². The van der Waals surface area contributed by atoms with Crippen LogP contribution in [0, 0.1) is 45.3 Å². The third kappa shape index (κ3) is 18.7. The van der Waals surface area contributed by atoms with E-state index in [-0.39, 0.29) is 114 Å². The van der Waals surface area contributed by atoms with Crippen molar-refractivity contribution in [1.29, 1.82) is 0 Å². The Bertz CT molecular complexity index is 5450. The van der Waals surface area contributed by atoms with Crippen LogP contribution >= 0.6 is 23.8 Å². The number of benzene rings is 4. The molecule has 4 aliphatic heterocycles. The van der Waals surface area contributed by atoms with Crippen molar-refractivity contribution in [1.82, 2.24) is 55.9 Å². The number of nitrogens with zero attached hydrogens (tertiary/aromatic N) is 8. The number of guanidine groups is 1. The highest BCUT2D eigenvalue weighted by Gasteiger charge is 2.72. The molecule has 32 heteroatoms.